The second-order valence-electron chi connectivity index (χ2n) is 6.02. The molecule has 3 rings (SSSR count). The predicted molar refractivity (Wildman–Crippen MR) is 97.1 cm³/mol. The smallest absolute Gasteiger partial charge is 0.336 e. The molecule has 2 heterocycles. The maximum Gasteiger partial charge on any atom is 0.336 e. The molecular weight excluding hydrogens is 376 g/mol. The number of sulfonamides is 1. The van der Waals surface area contributed by atoms with Crippen molar-refractivity contribution in [1.82, 2.24) is 9.21 Å². The van der Waals surface area contributed by atoms with Crippen molar-refractivity contribution in [3.05, 3.63) is 52.4 Å². The van der Waals surface area contributed by atoms with E-state index in [-0.39, 0.29) is 28.8 Å². The lowest BCUT2D eigenvalue weighted by atomic mass is 10.1. The molecule has 0 unspecified atom stereocenters. The molecule has 0 saturated carbocycles. The summed E-state index contributed by atoms with van der Waals surface area (Å²) in [6, 6.07) is 8.43. The largest absolute Gasteiger partial charge is 0.478 e. The minimum Gasteiger partial charge on any atom is -0.478 e. The van der Waals surface area contributed by atoms with Crippen molar-refractivity contribution in [2.24, 2.45) is 0 Å². The third-order valence-corrected chi connectivity index (χ3v) is 7.55. The second-order valence-corrected chi connectivity index (χ2v) is 9.10. The van der Waals surface area contributed by atoms with Crippen LogP contribution in [-0.4, -0.2) is 60.8 Å². The number of thiophene rings is 1. The van der Waals surface area contributed by atoms with Crippen LogP contribution in [0.15, 0.2) is 39.9 Å². The van der Waals surface area contributed by atoms with Gasteiger partial charge in [-0.2, -0.15) is 4.31 Å². The van der Waals surface area contributed by atoms with E-state index < -0.39 is 16.0 Å². The summed E-state index contributed by atoms with van der Waals surface area (Å²) in [6.45, 7) is 2.89. The van der Waals surface area contributed by atoms with Crippen molar-refractivity contribution in [3.8, 4) is 0 Å². The molecule has 1 aromatic carbocycles. The number of hydrogen-bond donors (Lipinski definition) is 1. The Morgan fingerprint density at radius 2 is 1.65 bits per heavy atom. The number of benzene rings is 1. The number of hydrogen-bond acceptors (Lipinski definition) is 5. The fraction of sp³-hybridized carbons (Fsp3) is 0.294. The van der Waals surface area contributed by atoms with E-state index in [9.17, 15) is 18.0 Å². The van der Waals surface area contributed by atoms with Gasteiger partial charge < -0.3 is 10.0 Å². The first kappa shape index (κ1) is 18.6. The van der Waals surface area contributed by atoms with Crippen molar-refractivity contribution in [2.45, 2.75) is 11.1 Å². The molecule has 1 saturated heterocycles. The number of aryl methyl sites for hydroxylation is 1. The summed E-state index contributed by atoms with van der Waals surface area (Å²) in [6.07, 6.45) is 0. The van der Waals surface area contributed by atoms with E-state index in [0.29, 0.717) is 18.7 Å². The quantitative estimate of drug-likeness (QED) is 0.855. The van der Waals surface area contributed by atoms with E-state index in [0.717, 1.165) is 16.9 Å². The molecule has 1 N–H and O–H groups in total. The van der Waals surface area contributed by atoms with Gasteiger partial charge >= 0.3 is 5.97 Å². The van der Waals surface area contributed by atoms with Crippen molar-refractivity contribution in [3.63, 3.8) is 0 Å². The standard InChI is InChI=1S/C17H18N2O5S2/c1-12-2-4-13(5-3-12)16(20)18-6-8-19(9-7-18)26(23,24)15-10-14(11-25-15)17(21)22/h2-5,10-11H,6-9H2,1H3,(H,21,22). The minimum absolute atomic E-state index is 0.00760. The zero-order valence-corrected chi connectivity index (χ0v) is 15.7. The molecule has 0 spiro atoms. The lowest BCUT2D eigenvalue weighted by molar-refractivity contribution is 0.0688. The molecule has 26 heavy (non-hydrogen) atoms. The van der Waals surface area contributed by atoms with Gasteiger partial charge in [-0.25, -0.2) is 13.2 Å². The van der Waals surface area contributed by atoms with Gasteiger partial charge in [-0.3, -0.25) is 4.79 Å². The molecule has 0 bridgehead atoms. The number of carboxylic acid groups (broad SMARTS) is 1. The van der Waals surface area contributed by atoms with Gasteiger partial charge in [-0.05, 0) is 25.1 Å². The van der Waals surface area contributed by atoms with Crippen molar-refractivity contribution >= 4 is 33.2 Å². The lowest BCUT2D eigenvalue weighted by Crippen LogP contribution is -2.50. The normalized spacial score (nSPS) is 15.8. The molecule has 0 aliphatic carbocycles. The topological polar surface area (TPSA) is 95.0 Å². The molecule has 1 amide bonds. The molecule has 138 valence electrons. The first-order chi connectivity index (χ1) is 12.3. The van der Waals surface area contributed by atoms with Crippen LogP contribution in [0.25, 0.3) is 0 Å². The fourth-order valence-electron chi connectivity index (χ4n) is 2.70. The van der Waals surface area contributed by atoms with Gasteiger partial charge in [0.1, 0.15) is 4.21 Å². The van der Waals surface area contributed by atoms with Gasteiger partial charge in [-0.1, -0.05) is 17.7 Å². The number of carbonyl (C=O) groups is 2. The van der Waals surface area contributed by atoms with Gasteiger partial charge in [0.25, 0.3) is 15.9 Å². The zero-order valence-electron chi connectivity index (χ0n) is 14.1. The Hall–Kier alpha value is -2.23. The zero-order chi connectivity index (χ0) is 18.9. The molecule has 1 aliphatic heterocycles. The predicted octanol–water partition coefficient (Wildman–Crippen LogP) is 1.90. The van der Waals surface area contributed by atoms with Crippen LogP contribution >= 0.6 is 11.3 Å². The first-order valence-electron chi connectivity index (χ1n) is 7.97. The molecule has 1 aromatic heterocycles. The maximum absolute atomic E-state index is 12.6. The summed E-state index contributed by atoms with van der Waals surface area (Å²) >= 11 is 0.893. The Morgan fingerprint density at radius 3 is 2.19 bits per heavy atom. The highest BCUT2D eigenvalue weighted by molar-refractivity contribution is 7.91. The van der Waals surface area contributed by atoms with Gasteiger partial charge in [0.05, 0.1) is 5.56 Å². The first-order valence-corrected chi connectivity index (χ1v) is 10.3. The molecule has 2 aromatic rings. The number of rotatable bonds is 4. The Kier molecular flexibility index (Phi) is 5.12. The van der Waals surface area contributed by atoms with Gasteiger partial charge in [0, 0.05) is 37.1 Å². The Bertz CT molecular complexity index is 926. The molecule has 1 fully saturated rings. The van der Waals surface area contributed by atoms with Gasteiger partial charge in [-0.15, -0.1) is 11.3 Å². The SMILES string of the molecule is Cc1ccc(C(=O)N2CCN(S(=O)(=O)c3cc(C(=O)O)cs3)CC2)cc1. The third kappa shape index (κ3) is 3.64. The molecule has 9 heteroatoms. The molecule has 7 nitrogen and oxygen atoms in total. The van der Waals surface area contributed by atoms with E-state index in [2.05, 4.69) is 0 Å². The van der Waals surface area contributed by atoms with Crippen LogP contribution in [0, 0.1) is 6.92 Å². The van der Waals surface area contributed by atoms with Crippen molar-refractivity contribution in [2.75, 3.05) is 26.2 Å². The van der Waals surface area contributed by atoms with E-state index in [1.165, 1.54) is 15.8 Å². The molecule has 0 atom stereocenters. The summed E-state index contributed by atoms with van der Waals surface area (Å²) in [5, 5.41) is 10.3. The van der Waals surface area contributed by atoms with Crippen LogP contribution in [-0.2, 0) is 10.0 Å². The van der Waals surface area contributed by atoms with Crippen molar-refractivity contribution < 1.29 is 23.1 Å². The molecule has 1 aliphatic rings. The monoisotopic (exact) mass is 394 g/mol. The summed E-state index contributed by atoms with van der Waals surface area (Å²) in [4.78, 5) is 25.1. The highest BCUT2D eigenvalue weighted by Crippen LogP contribution is 2.25. The highest BCUT2D eigenvalue weighted by Gasteiger charge is 2.31. The summed E-state index contributed by atoms with van der Waals surface area (Å²) in [5.74, 6) is -1.28. The second kappa shape index (κ2) is 7.18. The summed E-state index contributed by atoms with van der Waals surface area (Å²) in [7, 11) is -3.74. The van der Waals surface area contributed by atoms with Crippen LogP contribution in [0.1, 0.15) is 26.3 Å². The minimum atomic E-state index is -3.74. The van der Waals surface area contributed by atoms with E-state index in [4.69, 9.17) is 5.11 Å². The van der Waals surface area contributed by atoms with E-state index >= 15 is 0 Å². The fourth-order valence-corrected chi connectivity index (χ4v) is 5.43. The van der Waals surface area contributed by atoms with Crippen LogP contribution in [0.4, 0.5) is 0 Å². The van der Waals surface area contributed by atoms with Crippen molar-refractivity contribution in [1.29, 1.82) is 0 Å². The number of nitrogens with zero attached hydrogens (tertiary/aromatic N) is 2. The number of amides is 1. The van der Waals surface area contributed by atoms with E-state index in [1.54, 1.807) is 17.0 Å². The maximum atomic E-state index is 12.6. The third-order valence-electron chi connectivity index (χ3n) is 4.24. The Labute approximate surface area is 155 Å². The number of carbonyl (C=O) groups excluding carboxylic acids is 1. The summed E-state index contributed by atoms with van der Waals surface area (Å²) in [5.41, 5.74) is 1.60. The van der Waals surface area contributed by atoms with E-state index in [1.807, 2.05) is 19.1 Å². The van der Waals surface area contributed by atoms with Crippen LogP contribution in [0.2, 0.25) is 0 Å². The Balaban J connectivity index is 1.68. The average molecular weight is 394 g/mol. The number of piperazine rings is 1. The average Bonchev–Trinajstić information content (AvgIpc) is 3.13. The van der Waals surface area contributed by atoms with Gasteiger partial charge in [0.15, 0.2) is 0 Å². The van der Waals surface area contributed by atoms with Crippen LogP contribution in [0.5, 0.6) is 0 Å². The number of carboxylic acids is 1. The number of aromatic carboxylic acids is 1. The molecule has 0 radical (unpaired) electrons. The van der Waals surface area contributed by atoms with Gasteiger partial charge in [0.2, 0.25) is 0 Å². The highest BCUT2D eigenvalue weighted by atomic mass is 32.2. The van der Waals surface area contributed by atoms with Crippen LogP contribution < -0.4 is 0 Å². The lowest BCUT2D eigenvalue weighted by Gasteiger charge is -2.33. The van der Waals surface area contributed by atoms with Crippen LogP contribution in [0.3, 0.4) is 0 Å². The summed E-state index contributed by atoms with van der Waals surface area (Å²) < 4.78 is 26.6. The molecular formula is C17H18N2O5S2. The Morgan fingerprint density at radius 1 is 1.04 bits per heavy atom.